The summed E-state index contributed by atoms with van der Waals surface area (Å²) in [6, 6.07) is 0. The molecule has 0 unspecified atom stereocenters. The molecule has 1 aliphatic heterocycles. The highest BCUT2D eigenvalue weighted by Crippen LogP contribution is 2.30. The maximum Gasteiger partial charge on any atom is 0.233 e. The number of piperazine rings is 1. The first kappa shape index (κ1) is 25.3. The predicted molar refractivity (Wildman–Crippen MR) is 122 cm³/mol. The lowest BCUT2D eigenvalue weighted by molar-refractivity contribution is -0.155. The largest absolute Gasteiger partial charge is 0.352 e. The van der Waals surface area contributed by atoms with Gasteiger partial charge in [0, 0.05) is 32.6 Å². The molecule has 33 heavy (non-hydrogen) atoms. The van der Waals surface area contributed by atoms with Gasteiger partial charge in [-0.3, -0.25) is 14.8 Å². The highest BCUT2D eigenvalue weighted by Gasteiger charge is 2.28. The molecule has 0 radical (unpaired) electrons. The number of halogens is 1. The van der Waals surface area contributed by atoms with Crippen LogP contribution in [0.3, 0.4) is 0 Å². The molecule has 1 aromatic rings. The second-order valence-electron chi connectivity index (χ2n) is 9.03. The fourth-order valence-corrected chi connectivity index (χ4v) is 4.79. The van der Waals surface area contributed by atoms with Crippen molar-refractivity contribution in [2.75, 3.05) is 44.2 Å². The summed E-state index contributed by atoms with van der Waals surface area (Å²) in [5, 5.41) is 13.0. The highest BCUT2D eigenvalue weighted by molar-refractivity contribution is 5.79. The fourth-order valence-electron chi connectivity index (χ4n) is 4.79. The van der Waals surface area contributed by atoms with E-state index in [1.165, 1.54) is 0 Å². The van der Waals surface area contributed by atoms with E-state index in [0.717, 1.165) is 45.3 Å². The first-order chi connectivity index (χ1) is 15.9. The van der Waals surface area contributed by atoms with E-state index in [4.69, 9.17) is 0 Å². The number of nitrogens with one attached hydrogen (secondary N) is 1. The molecule has 0 aromatic carbocycles. The van der Waals surface area contributed by atoms with Gasteiger partial charge in [-0.15, -0.1) is 0 Å². The summed E-state index contributed by atoms with van der Waals surface area (Å²) in [5.41, 5.74) is 0.166. The highest BCUT2D eigenvalue weighted by atomic mass is 19.1. The van der Waals surface area contributed by atoms with Crippen molar-refractivity contribution < 1.29 is 19.2 Å². The molecule has 1 atom stereocenters. The van der Waals surface area contributed by atoms with Gasteiger partial charge in [0.1, 0.15) is 11.5 Å². The van der Waals surface area contributed by atoms with Crippen LogP contribution in [0.5, 0.6) is 0 Å². The number of hydrogen-bond donors (Lipinski definition) is 2. The minimum absolute atomic E-state index is 0.0597. The molecule has 9 nitrogen and oxygen atoms in total. The Hall–Kier alpha value is -2.33. The Labute approximate surface area is 195 Å². The molecule has 2 heterocycles. The van der Waals surface area contributed by atoms with Crippen LogP contribution in [0.4, 0.5) is 10.2 Å². The number of nitrogens with zero attached hydrogens (tertiary/aromatic N) is 5. The van der Waals surface area contributed by atoms with Crippen LogP contribution < -0.4 is 10.2 Å². The minimum Gasteiger partial charge on any atom is -0.352 e. The molecule has 0 spiro atoms. The number of amides is 2. The molecule has 1 aliphatic carbocycles. The van der Waals surface area contributed by atoms with Crippen molar-refractivity contribution in [3.63, 3.8) is 0 Å². The van der Waals surface area contributed by atoms with Crippen molar-refractivity contribution in [3.8, 4) is 0 Å². The van der Waals surface area contributed by atoms with Crippen LogP contribution >= 0.6 is 0 Å². The molecular formula is C23H37FN6O3. The Kier molecular flexibility index (Phi) is 9.37. The lowest BCUT2D eigenvalue weighted by Crippen LogP contribution is -2.47. The van der Waals surface area contributed by atoms with Crippen molar-refractivity contribution in [1.82, 2.24) is 25.2 Å². The Morgan fingerprint density at radius 1 is 1.24 bits per heavy atom. The molecule has 3 rings (SSSR count). The molecule has 1 saturated heterocycles. The average molecular weight is 465 g/mol. The van der Waals surface area contributed by atoms with E-state index in [1.807, 2.05) is 11.8 Å². The van der Waals surface area contributed by atoms with Crippen LogP contribution in [-0.2, 0) is 22.6 Å². The van der Waals surface area contributed by atoms with Crippen molar-refractivity contribution in [3.05, 3.63) is 17.3 Å². The summed E-state index contributed by atoms with van der Waals surface area (Å²) >= 11 is 0. The maximum atomic E-state index is 15.4. The number of carbonyl (C=O) groups excluding carboxylic acids is 2. The van der Waals surface area contributed by atoms with E-state index in [1.54, 1.807) is 0 Å². The quantitative estimate of drug-likeness (QED) is 0.293. The second kappa shape index (κ2) is 12.2. The average Bonchev–Trinajstić information content (AvgIpc) is 3.36. The van der Waals surface area contributed by atoms with E-state index in [2.05, 4.69) is 27.1 Å². The van der Waals surface area contributed by atoms with Gasteiger partial charge in [0.2, 0.25) is 12.3 Å². The van der Waals surface area contributed by atoms with Gasteiger partial charge in [-0.1, -0.05) is 39.5 Å². The first-order valence-electron chi connectivity index (χ1n) is 12.2. The third-order valence-corrected chi connectivity index (χ3v) is 6.81. The van der Waals surface area contributed by atoms with Gasteiger partial charge in [0.15, 0.2) is 11.6 Å². The summed E-state index contributed by atoms with van der Waals surface area (Å²) < 4.78 is 15.4. The number of anilines is 1. The maximum absolute atomic E-state index is 15.4. The molecule has 10 heteroatoms. The van der Waals surface area contributed by atoms with Gasteiger partial charge in [-0.05, 0) is 18.9 Å². The minimum atomic E-state index is -0.555. The summed E-state index contributed by atoms with van der Waals surface area (Å²) in [5.74, 6) is -0.124. The van der Waals surface area contributed by atoms with Gasteiger partial charge in [-0.2, -0.15) is 0 Å². The van der Waals surface area contributed by atoms with Crippen molar-refractivity contribution in [2.45, 2.75) is 58.9 Å². The fraction of sp³-hybridized carbons (Fsp3) is 0.739. The van der Waals surface area contributed by atoms with Gasteiger partial charge in [0.25, 0.3) is 0 Å². The second-order valence-corrected chi connectivity index (χ2v) is 9.03. The predicted octanol–water partition coefficient (Wildman–Crippen LogP) is 1.98. The van der Waals surface area contributed by atoms with Crippen molar-refractivity contribution >= 4 is 18.1 Å². The Morgan fingerprint density at radius 3 is 2.55 bits per heavy atom. The van der Waals surface area contributed by atoms with E-state index >= 15 is 4.39 Å². The van der Waals surface area contributed by atoms with Gasteiger partial charge >= 0.3 is 0 Å². The Bertz CT molecular complexity index is 797. The van der Waals surface area contributed by atoms with Crippen LogP contribution in [0.1, 0.15) is 57.5 Å². The number of carbonyl (C=O) groups is 2. The van der Waals surface area contributed by atoms with E-state index in [-0.39, 0.29) is 24.7 Å². The van der Waals surface area contributed by atoms with Gasteiger partial charge in [-0.25, -0.2) is 19.4 Å². The number of aryl methyl sites for hydroxylation is 1. The summed E-state index contributed by atoms with van der Waals surface area (Å²) in [6.07, 6.45) is 5.82. The zero-order valence-corrected chi connectivity index (χ0v) is 19.8. The zero-order chi connectivity index (χ0) is 23.8. The van der Waals surface area contributed by atoms with Gasteiger partial charge < -0.3 is 15.1 Å². The smallest absolute Gasteiger partial charge is 0.233 e. The van der Waals surface area contributed by atoms with E-state index in [0.29, 0.717) is 55.0 Å². The normalized spacial score (nSPS) is 18.4. The molecule has 0 bridgehead atoms. The van der Waals surface area contributed by atoms with Crippen LogP contribution in [0.2, 0.25) is 0 Å². The molecule has 2 N–H and O–H groups in total. The van der Waals surface area contributed by atoms with Crippen molar-refractivity contribution in [2.24, 2.45) is 11.8 Å². The number of likely N-dealkylation sites (N-methyl/N-ethyl adjacent to an activating group) is 1. The Balaban J connectivity index is 1.70. The molecule has 184 valence electrons. The number of aromatic nitrogens is 2. The third-order valence-electron chi connectivity index (χ3n) is 6.81. The molecule has 2 fully saturated rings. The zero-order valence-electron chi connectivity index (χ0n) is 19.8. The molecule has 1 aromatic heterocycles. The van der Waals surface area contributed by atoms with Gasteiger partial charge in [0.05, 0.1) is 19.0 Å². The topological polar surface area (TPSA) is 102 Å². The Morgan fingerprint density at radius 2 is 1.94 bits per heavy atom. The monoisotopic (exact) mass is 464 g/mol. The van der Waals surface area contributed by atoms with Crippen LogP contribution in [-0.4, -0.2) is 76.7 Å². The lowest BCUT2D eigenvalue weighted by Gasteiger charge is -2.35. The van der Waals surface area contributed by atoms with Crippen molar-refractivity contribution in [1.29, 1.82) is 0 Å². The summed E-state index contributed by atoms with van der Waals surface area (Å²) in [7, 11) is 0. The first-order valence-corrected chi connectivity index (χ1v) is 12.2. The molecular weight excluding hydrogens is 427 g/mol. The number of hydroxylamine groups is 2. The summed E-state index contributed by atoms with van der Waals surface area (Å²) in [6.45, 7) is 7.95. The molecule has 1 saturated carbocycles. The molecule has 2 aliphatic rings. The molecule has 2 amide bonds. The van der Waals surface area contributed by atoms with E-state index in [9.17, 15) is 14.8 Å². The standard InChI is InChI=1S/C23H37FN6O3/c1-3-20-26-19(21(24)22(27-20)29-11-9-28(4-2)10-12-29)14-25-23(32)18(15-30(33)16-31)13-17-7-5-6-8-17/h16-18,33H,3-15H2,1-2H3,(H,25,32)/t18-/m1/s1. The SMILES string of the molecule is CCc1nc(CNC(=O)[C@H](CC2CCCC2)CN(O)C=O)c(F)c(N2CCN(CC)CC2)n1. The van der Waals surface area contributed by atoms with Crippen LogP contribution in [0.25, 0.3) is 0 Å². The van der Waals surface area contributed by atoms with E-state index < -0.39 is 11.7 Å². The lowest BCUT2D eigenvalue weighted by atomic mass is 9.92. The van der Waals surface area contributed by atoms with Crippen LogP contribution in [0.15, 0.2) is 0 Å². The number of rotatable bonds is 11. The summed E-state index contributed by atoms with van der Waals surface area (Å²) in [4.78, 5) is 36.9. The van der Waals surface area contributed by atoms with Crippen LogP contribution in [0, 0.1) is 17.7 Å². The number of hydrogen-bond acceptors (Lipinski definition) is 7. The third kappa shape index (κ3) is 6.83.